The molecule has 2 heteroatoms. The minimum absolute atomic E-state index is 0.292. The molecule has 0 N–H and O–H groups in total. The van der Waals surface area contributed by atoms with Crippen molar-refractivity contribution in [3.8, 4) is 0 Å². The van der Waals surface area contributed by atoms with Crippen LogP contribution in [0.25, 0.3) is 0 Å². The molecule has 0 bridgehead atoms. The number of hydrogen-bond acceptors (Lipinski definition) is 1. The number of halogens is 1. The summed E-state index contributed by atoms with van der Waals surface area (Å²) < 4.78 is 6.37. The molecule has 0 aliphatic heterocycles. The van der Waals surface area contributed by atoms with Crippen molar-refractivity contribution < 1.29 is 4.42 Å². The van der Waals surface area contributed by atoms with Gasteiger partial charge in [-0.2, -0.15) is 0 Å². The topological polar surface area (TPSA) is 13.1 Å². The molecule has 0 radical (unpaired) electrons. The van der Waals surface area contributed by atoms with Gasteiger partial charge in [0.2, 0.25) is 0 Å². The van der Waals surface area contributed by atoms with E-state index in [0.717, 1.165) is 16.7 Å². The first-order chi connectivity index (χ1) is 4.99. The quantitative estimate of drug-likeness (QED) is 0.699. The summed E-state index contributed by atoms with van der Waals surface area (Å²) in [5.41, 5.74) is 0.292. The predicted octanol–water partition coefficient (Wildman–Crippen LogP) is 3.63. The van der Waals surface area contributed by atoms with Crippen LogP contribution in [0.1, 0.15) is 26.5 Å². The maximum Gasteiger partial charge on any atom is 0.118 e. The summed E-state index contributed by atoms with van der Waals surface area (Å²) in [4.78, 5) is 0. The molecule has 1 aromatic heterocycles. The maximum atomic E-state index is 5.29. The van der Waals surface area contributed by atoms with Crippen LogP contribution in [0.15, 0.2) is 21.2 Å². The van der Waals surface area contributed by atoms with E-state index in [0.29, 0.717) is 5.41 Å². The zero-order valence-corrected chi connectivity index (χ0v) is 8.73. The van der Waals surface area contributed by atoms with Gasteiger partial charge in [-0.05, 0) is 27.4 Å². The second-order valence-electron chi connectivity index (χ2n) is 3.93. The van der Waals surface area contributed by atoms with Crippen molar-refractivity contribution in [3.63, 3.8) is 0 Å². The van der Waals surface area contributed by atoms with Crippen LogP contribution in [0.5, 0.6) is 0 Å². The molecular weight excluding hydrogens is 204 g/mol. The van der Waals surface area contributed by atoms with Crippen LogP contribution in [0.4, 0.5) is 0 Å². The second kappa shape index (κ2) is 3.02. The molecule has 0 atom stereocenters. The Labute approximate surface area is 75.9 Å². The van der Waals surface area contributed by atoms with Crippen molar-refractivity contribution in [2.45, 2.75) is 27.2 Å². The molecule has 0 aliphatic carbocycles. The van der Waals surface area contributed by atoms with E-state index in [1.165, 1.54) is 0 Å². The molecule has 0 amide bonds. The van der Waals surface area contributed by atoms with E-state index in [1.54, 1.807) is 6.26 Å². The van der Waals surface area contributed by atoms with Crippen molar-refractivity contribution in [1.29, 1.82) is 0 Å². The Bertz CT molecular complexity index is 232. The van der Waals surface area contributed by atoms with Gasteiger partial charge >= 0.3 is 0 Å². The van der Waals surface area contributed by atoms with Crippen molar-refractivity contribution in [1.82, 2.24) is 0 Å². The number of rotatable bonds is 1. The molecule has 62 valence electrons. The van der Waals surface area contributed by atoms with E-state index in [9.17, 15) is 0 Å². The molecule has 0 spiro atoms. The SMILES string of the molecule is CC(C)(C)Cc1occc1Br. The summed E-state index contributed by atoms with van der Waals surface area (Å²) in [7, 11) is 0. The third-order valence-electron chi connectivity index (χ3n) is 1.38. The molecule has 0 saturated carbocycles. The smallest absolute Gasteiger partial charge is 0.118 e. The number of hydrogen-bond donors (Lipinski definition) is 0. The monoisotopic (exact) mass is 216 g/mol. The minimum atomic E-state index is 0.292. The zero-order chi connectivity index (χ0) is 8.48. The highest BCUT2D eigenvalue weighted by atomic mass is 79.9. The van der Waals surface area contributed by atoms with Gasteiger partial charge in [0, 0.05) is 6.42 Å². The first-order valence-corrected chi connectivity index (χ1v) is 4.50. The summed E-state index contributed by atoms with van der Waals surface area (Å²) in [6, 6.07) is 1.93. The first kappa shape index (κ1) is 8.85. The predicted molar refractivity (Wildman–Crippen MR) is 49.6 cm³/mol. The largest absolute Gasteiger partial charge is 0.468 e. The molecule has 0 fully saturated rings. The van der Waals surface area contributed by atoms with E-state index < -0.39 is 0 Å². The first-order valence-electron chi connectivity index (χ1n) is 3.71. The average Bonchev–Trinajstić information content (AvgIpc) is 2.12. The molecule has 0 saturated heterocycles. The van der Waals surface area contributed by atoms with Crippen LogP contribution >= 0.6 is 15.9 Å². The maximum absolute atomic E-state index is 5.29. The second-order valence-corrected chi connectivity index (χ2v) is 4.78. The lowest BCUT2D eigenvalue weighted by molar-refractivity contribution is 0.361. The molecule has 1 heterocycles. The average molecular weight is 217 g/mol. The van der Waals surface area contributed by atoms with E-state index in [2.05, 4.69) is 36.7 Å². The van der Waals surface area contributed by atoms with Gasteiger partial charge in [0.05, 0.1) is 10.7 Å². The highest BCUT2D eigenvalue weighted by molar-refractivity contribution is 9.10. The van der Waals surface area contributed by atoms with Crippen LogP contribution in [0.2, 0.25) is 0 Å². The number of furan rings is 1. The zero-order valence-electron chi connectivity index (χ0n) is 7.15. The van der Waals surface area contributed by atoms with Crippen molar-refractivity contribution in [3.05, 3.63) is 22.6 Å². The normalized spacial score (nSPS) is 12.0. The van der Waals surface area contributed by atoms with Crippen LogP contribution in [0.3, 0.4) is 0 Å². The molecule has 1 aromatic rings. The van der Waals surface area contributed by atoms with Gasteiger partial charge in [-0.1, -0.05) is 20.8 Å². The van der Waals surface area contributed by atoms with Gasteiger partial charge in [0.25, 0.3) is 0 Å². The Morgan fingerprint density at radius 1 is 1.45 bits per heavy atom. The van der Waals surface area contributed by atoms with Crippen molar-refractivity contribution in [2.24, 2.45) is 5.41 Å². The van der Waals surface area contributed by atoms with Crippen LogP contribution < -0.4 is 0 Å². The van der Waals surface area contributed by atoms with Crippen LogP contribution in [0, 0.1) is 5.41 Å². The molecule has 1 rings (SSSR count). The van der Waals surface area contributed by atoms with E-state index in [-0.39, 0.29) is 0 Å². The van der Waals surface area contributed by atoms with Gasteiger partial charge < -0.3 is 4.42 Å². The highest BCUT2D eigenvalue weighted by Gasteiger charge is 2.15. The van der Waals surface area contributed by atoms with Crippen molar-refractivity contribution in [2.75, 3.05) is 0 Å². The lowest BCUT2D eigenvalue weighted by atomic mass is 9.91. The molecule has 11 heavy (non-hydrogen) atoms. The summed E-state index contributed by atoms with van der Waals surface area (Å²) in [5, 5.41) is 0. The van der Waals surface area contributed by atoms with Crippen LogP contribution in [-0.4, -0.2) is 0 Å². The lowest BCUT2D eigenvalue weighted by Crippen LogP contribution is -2.08. The van der Waals surface area contributed by atoms with Gasteiger partial charge in [0.1, 0.15) is 5.76 Å². The minimum Gasteiger partial charge on any atom is -0.468 e. The third kappa shape index (κ3) is 2.70. The summed E-state index contributed by atoms with van der Waals surface area (Å²) in [6.07, 6.45) is 2.69. The molecule has 0 aliphatic rings. The van der Waals surface area contributed by atoms with Crippen LogP contribution in [-0.2, 0) is 6.42 Å². The van der Waals surface area contributed by atoms with E-state index in [1.807, 2.05) is 6.07 Å². The van der Waals surface area contributed by atoms with E-state index in [4.69, 9.17) is 4.42 Å². The Kier molecular flexibility index (Phi) is 2.43. The Morgan fingerprint density at radius 3 is 2.45 bits per heavy atom. The molecule has 1 nitrogen and oxygen atoms in total. The summed E-state index contributed by atoms with van der Waals surface area (Å²) >= 11 is 3.43. The standard InChI is InChI=1S/C9H13BrO/c1-9(2,3)6-8-7(10)4-5-11-8/h4-5H,6H2,1-3H3. The fraction of sp³-hybridized carbons (Fsp3) is 0.556. The molecular formula is C9H13BrO. The highest BCUT2D eigenvalue weighted by Crippen LogP contribution is 2.26. The van der Waals surface area contributed by atoms with Gasteiger partial charge in [-0.25, -0.2) is 0 Å². The summed E-state index contributed by atoms with van der Waals surface area (Å²) in [6.45, 7) is 6.59. The Hall–Kier alpha value is -0.240. The summed E-state index contributed by atoms with van der Waals surface area (Å²) in [5.74, 6) is 1.04. The molecule has 0 unspecified atom stereocenters. The van der Waals surface area contributed by atoms with Gasteiger partial charge in [0.15, 0.2) is 0 Å². The third-order valence-corrected chi connectivity index (χ3v) is 2.09. The fourth-order valence-corrected chi connectivity index (χ4v) is 1.27. The van der Waals surface area contributed by atoms with Gasteiger partial charge in [-0.3, -0.25) is 0 Å². The van der Waals surface area contributed by atoms with E-state index >= 15 is 0 Å². The van der Waals surface area contributed by atoms with Gasteiger partial charge in [-0.15, -0.1) is 0 Å². The van der Waals surface area contributed by atoms with Crippen molar-refractivity contribution >= 4 is 15.9 Å². The fourth-order valence-electron chi connectivity index (χ4n) is 0.933. The lowest BCUT2D eigenvalue weighted by Gasteiger charge is -2.15. The Morgan fingerprint density at radius 2 is 2.09 bits per heavy atom. The molecule has 0 aromatic carbocycles. The Balaban J connectivity index is 2.72.